The molecule has 0 spiro atoms. The number of alkyl halides is 5. The van der Waals surface area contributed by atoms with Gasteiger partial charge < -0.3 is 19.3 Å². The van der Waals surface area contributed by atoms with Crippen LogP contribution in [0.1, 0.15) is 6.92 Å². The van der Waals surface area contributed by atoms with E-state index in [1.807, 2.05) is 0 Å². The van der Waals surface area contributed by atoms with E-state index in [9.17, 15) is 27.1 Å². The second-order valence-corrected chi connectivity index (χ2v) is 13.1. The molecule has 1 heterocycles. The molecule has 0 saturated carbocycles. The highest BCUT2D eigenvalue weighted by atomic mass is 28.3. The lowest BCUT2D eigenvalue weighted by molar-refractivity contribution is -0.412. The van der Waals surface area contributed by atoms with Gasteiger partial charge in [-0.1, -0.05) is 32.6 Å². The third kappa shape index (κ3) is 3.92. The number of rotatable bonds is 7. The van der Waals surface area contributed by atoms with Gasteiger partial charge in [-0.3, -0.25) is 0 Å². The normalized spacial score (nSPS) is 32.1. The lowest BCUT2D eigenvalue weighted by atomic mass is 9.92. The molecule has 3 atom stereocenters. The van der Waals surface area contributed by atoms with Crippen LogP contribution in [0.25, 0.3) is 0 Å². The first-order valence-electron chi connectivity index (χ1n) is 7.56. The molecule has 1 aliphatic rings. The van der Waals surface area contributed by atoms with Gasteiger partial charge in [0.25, 0.3) is 0 Å². The van der Waals surface area contributed by atoms with Gasteiger partial charge in [0, 0.05) is 15.2 Å². The van der Waals surface area contributed by atoms with Crippen LogP contribution in [0.5, 0.6) is 0 Å². The van der Waals surface area contributed by atoms with Crippen LogP contribution in [0.4, 0.5) is 22.0 Å². The molecular formula is C14H25F5O4Si. The van der Waals surface area contributed by atoms with Crippen LogP contribution in [0, 0.1) is 5.92 Å². The summed E-state index contributed by atoms with van der Waals surface area (Å²) in [6, 6.07) is 0.756. The summed E-state index contributed by atoms with van der Waals surface area (Å²) in [4.78, 5) is 0. The number of methoxy groups -OCH3 is 1. The van der Waals surface area contributed by atoms with E-state index >= 15 is 0 Å². The Balaban J connectivity index is 3.01. The molecule has 0 bridgehead atoms. The molecule has 0 aromatic carbocycles. The maximum absolute atomic E-state index is 14.5. The second kappa shape index (κ2) is 6.79. The molecule has 10 heteroatoms. The molecule has 0 amide bonds. The van der Waals surface area contributed by atoms with Gasteiger partial charge in [-0.25, -0.2) is 0 Å². The minimum atomic E-state index is -5.67. The molecule has 1 saturated heterocycles. The van der Waals surface area contributed by atoms with Crippen molar-refractivity contribution in [3.8, 4) is 0 Å². The quantitative estimate of drug-likeness (QED) is 0.544. The Morgan fingerprint density at radius 1 is 1.25 bits per heavy atom. The average Bonchev–Trinajstić information content (AvgIpc) is 2.56. The smallest absolute Gasteiger partial charge is 0.381 e. The Hall–Kier alpha value is -0.293. The van der Waals surface area contributed by atoms with E-state index in [4.69, 9.17) is 4.74 Å². The maximum atomic E-state index is 14.5. The van der Waals surface area contributed by atoms with E-state index in [2.05, 4.69) is 29.1 Å². The van der Waals surface area contributed by atoms with Gasteiger partial charge in [-0.05, 0) is 5.92 Å². The summed E-state index contributed by atoms with van der Waals surface area (Å²) in [6.45, 7) is 5.91. The zero-order valence-corrected chi connectivity index (χ0v) is 15.5. The minimum absolute atomic E-state index is 0.124. The van der Waals surface area contributed by atoms with Gasteiger partial charge in [-0.15, -0.1) is 0 Å². The van der Waals surface area contributed by atoms with E-state index in [-0.39, 0.29) is 12.5 Å². The fourth-order valence-corrected chi connectivity index (χ4v) is 5.13. The first-order valence-corrected chi connectivity index (χ1v) is 11.3. The molecule has 144 valence electrons. The van der Waals surface area contributed by atoms with Crippen LogP contribution in [0.3, 0.4) is 0 Å². The van der Waals surface area contributed by atoms with Crippen molar-refractivity contribution in [2.24, 2.45) is 5.92 Å². The Kier molecular flexibility index (Phi) is 6.15. The topological polar surface area (TPSA) is 47.9 Å². The molecule has 3 unspecified atom stereocenters. The molecule has 4 nitrogen and oxygen atoms in total. The van der Waals surface area contributed by atoms with Gasteiger partial charge >= 0.3 is 17.9 Å². The molecule has 1 rings (SSSR count). The average molecular weight is 380 g/mol. The lowest BCUT2D eigenvalue weighted by Crippen LogP contribution is -2.65. The van der Waals surface area contributed by atoms with Crippen LogP contribution in [-0.2, 0) is 14.2 Å². The van der Waals surface area contributed by atoms with Gasteiger partial charge in [0.05, 0.1) is 19.8 Å². The van der Waals surface area contributed by atoms with E-state index in [0.717, 1.165) is 13.2 Å². The minimum Gasteiger partial charge on any atom is -0.381 e. The van der Waals surface area contributed by atoms with Gasteiger partial charge in [0.15, 0.2) is 5.60 Å². The predicted molar refractivity (Wildman–Crippen MR) is 79.8 cm³/mol. The van der Waals surface area contributed by atoms with Crippen molar-refractivity contribution in [1.29, 1.82) is 0 Å². The molecular weight excluding hydrogens is 355 g/mol. The summed E-state index contributed by atoms with van der Waals surface area (Å²) in [5.41, 5.74) is -2.69. The Labute approximate surface area is 139 Å². The number of hydrogen-bond acceptors (Lipinski definition) is 4. The molecule has 1 aliphatic heterocycles. The van der Waals surface area contributed by atoms with Crippen molar-refractivity contribution >= 4 is 8.07 Å². The van der Waals surface area contributed by atoms with Crippen LogP contribution >= 0.6 is 0 Å². The zero-order chi connectivity index (χ0) is 19.0. The molecule has 0 aromatic heterocycles. The molecule has 0 aliphatic carbocycles. The van der Waals surface area contributed by atoms with Gasteiger partial charge in [-0.2, -0.15) is 22.0 Å². The van der Waals surface area contributed by atoms with Gasteiger partial charge in [0.1, 0.15) is 0 Å². The van der Waals surface area contributed by atoms with Crippen LogP contribution in [-0.4, -0.2) is 63.6 Å². The summed E-state index contributed by atoms with van der Waals surface area (Å²) in [5, 5.41) is 9.44. The Morgan fingerprint density at radius 2 is 1.79 bits per heavy atom. The number of aliphatic hydroxyl groups is 1. The molecule has 0 aromatic rings. The second-order valence-electron chi connectivity index (χ2n) is 7.61. The Morgan fingerprint density at radius 3 is 2.17 bits per heavy atom. The van der Waals surface area contributed by atoms with Crippen molar-refractivity contribution in [3.63, 3.8) is 0 Å². The monoisotopic (exact) mass is 380 g/mol. The highest BCUT2D eigenvalue weighted by molar-refractivity contribution is 6.76. The zero-order valence-electron chi connectivity index (χ0n) is 14.5. The van der Waals surface area contributed by atoms with E-state index in [1.165, 1.54) is 0 Å². The van der Waals surface area contributed by atoms with Crippen molar-refractivity contribution in [1.82, 2.24) is 0 Å². The van der Waals surface area contributed by atoms with Crippen LogP contribution in [0.15, 0.2) is 0 Å². The first kappa shape index (κ1) is 21.7. The number of ether oxygens (including phenoxy) is 3. The fourth-order valence-electron chi connectivity index (χ4n) is 2.92. The molecule has 1 fully saturated rings. The molecule has 24 heavy (non-hydrogen) atoms. The van der Waals surface area contributed by atoms with Crippen molar-refractivity contribution in [2.75, 3.05) is 26.9 Å². The van der Waals surface area contributed by atoms with Gasteiger partial charge in [0.2, 0.25) is 0 Å². The largest absolute Gasteiger partial charge is 0.449 e. The Bertz CT molecular complexity index is 440. The third-order valence-electron chi connectivity index (χ3n) is 3.88. The number of hydrogen-bond donors (Lipinski definition) is 1. The summed E-state index contributed by atoms with van der Waals surface area (Å²) in [7, 11) is -0.426. The maximum Gasteiger partial charge on any atom is 0.449 e. The van der Waals surface area contributed by atoms with Crippen LogP contribution < -0.4 is 0 Å². The number of halogens is 5. The fraction of sp³-hybridized carbons (Fsp3) is 1.00. The standard InChI is InChI=1S/C14H25F5O4Si/c1-10(7-24(3,4)5)6-22-11(8-21-2)9-23-13(20,12(11,15)16)14(17,18)19/h10,20H,6-9H2,1-5H3. The molecule has 0 radical (unpaired) electrons. The van der Waals surface area contributed by atoms with E-state index in [0.29, 0.717) is 0 Å². The summed E-state index contributed by atoms with van der Waals surface area (Å²) >= 11 is 0. The van der Waals surface area contributed by atoms with Crippen molar-refractivity contribution in [3.05, 3.63) is 0 Å². The SMILES string of the molecule is COCC1(OCC(C)C[Si](C)(C)C)COC(O)(C(F)(F)F)C1(F)F. The lowest BCUT2D eigenvalue weighted by Gasteiger charge is -2.38. The molecule has 1 N–H and O–H groups in total. The van der Waals surface area contributed by atoms with Crippen molar-refractivity contribution < 1.29 is 41.3 Å². The van der Waals surface area contributed by atoms with Crippen molar-refractivity contribution in [2.45, 2.75) is 56.1 Å². The third-order valence-corrected chi connectivity index (χ3v) is 5.80. The van der Waals surface area contributed by atoms with E-state index < -0.39 is 44.8 Å². The van der Waals surface area contributed by atoms with E-state index in [1.54, 1.807) is 6.92 Å². The van der Waals surface area contributed by atoms with Crippen LogP contribution in [0.2, 0.25) is 25.7 Å². The summed E-state index contributed by atoms with van der Waals surface area (Å²) < 4.78 is 81.6. The highest BCUT2D eigenvalue weighted by Gasteiger charge is 2.83. The highest BCUT2D eigenvalue weighted by Crippen LogP contribution is 2.54. The first-order chi connectivity index (χ1) is 10.6. The summed E-state index contributed by atoms with van der Waals surface area (Å²) in [5.74, 6) is -9.44. The predicted octanol–water partition coefficient (Wildman–Crippen LogP) is 3.28. The summed E-state index contributed by atoms with van der Waals surface area (Å²) in [6.07, 6.45) is -5.67.